The summed E-state index contributed by atoms with van der Waals surface area (Å²) in [4.78, 5) is 25.0. The highest BCUT2D eigenvalue weighted by atomic mass is 32.2. The summed E-state index contributed by atoms with van der Waals surface area (Å²) in [6, 6.07) is 19.4. The van der Waals surface area contributed by atoms with Gasteiger partial charge in [-0.15, -0.1) is 5.10 Å². The van der Waals surface area contributed by atoms with Crippen molar-refractivity contribution < 1.29 is 18.0 Å². The molecule has 1 N–H and O–H groups in total. The lowest BCUT2D eigenvalue weighted by molar-refractivity contribution is -0.116. The van der Waals surface area contributed by atoms with Gasteiger partial charge >= 0.3 is 0 Å². The van der Waals surface area contributed by atoms with E-state index >= 15 is 0 Å². The van der Waals surface area contributed by atoms with Crippen molar-refractivity contribution in [2.75, 3.05) is 5.32 Å². The van der Waals surface area contributed by atoms with Crippen LogP contribution in [0.1, 0.15) is 16.1 Å². The van der Waals surface area contributed by atoms with Gasteiger partial charge in [0.15, 0.2) is 0 Å². The maximum Gasteiger partial charge on any atom is 0.269 e. The predicted molar refractivity (Wildman–Crippen MR) is 116 cm³/mol. The van der Waals surface area contributed by atoms with Crippen LogP contribution in [-0.4, -0.2) is 39.5 Å². The minimum atomic E-state index is -3.94. The molecule has 2 amide bonds. The van der Waals surface area contributed by atoms with Crippen LogP contribution in [0.15, 0.2) is 77.8 Å². The summed E-state index contributed by atoms with van der Waals surface area (Å²) >= 11 is 0. The maximum absolute atomic E-state index is 12.7. The summed E-state index contributed by atoms with van der Waals surface area (Å²) < 4.78 is 27.4. The van der Waals surface area contributed by atoms with Crippen molar-refractivity contribution in [1.82, 2.24) is 19.3 Å². The van der Waals surface area contributed by atoms with Gasteiger partial charge in [0.2, 0.25) is 5.91 Å². The molecule has 0 spiro atoms. The van der Waals surface area contributed by atoms with Crippen molar-refractivity contribution in [3.63, 3.8) is 0 Å². The van der Waals surface area contributed by atoms with Gasteiger partial charge in [0.05, 0.1) is 18.3 Å². The second kappa shape index (κ2) is 7.57. The molecule has 9 nitrogen and oxygen atoms in total. The Morgan fingerprint density at radius 1 is 0.969 bits per heavy atom. The van der Waals surface area contributed by atoms with Gasteiger partial charge in [-0.2, -0.15) is 0 Å². The number of nitrogens with zero attached hydrogens (tertiary/aromatic N) is 4. The average molecular weight is 447 g/mol. The van der Waals surface area contributed by atoms with Gasteiger partial charge in [-0.25, -0.2) is 17.4 Å². The van der Waals surface area contributed by atoms with E-state index in [0.29, 0.717) is 5.69 Å². The van der Waals surface area contributed by atoms with Crippen molar-refractivity contribution >= 4 is 38.3 Å². The van der Waals surface area contributed by atoms with E-state index in [1.165, 1.54) is 23.0 Å². The fraction of sp³-hybridized carbons (Fsp3) is 0.0909. The van der Waals surface area contributed by atoms with Crippen LogP contribution in [0, 0.1) is 0 Å². The minimum absolute atomic E-state index is 0.0214. The number of hydrogen-bond acceptors (Lipinski definition) is 6. The van der Waals surface area contributed by atoms with Crippen LogP contribution in [0.3, 0.4) is 0 Å². The van der Waals surface area contributed by atoms with Gasteiger partial charge in [0.1, 0.15) is 17.1 Å². The van der Waals surface area contributed by atoms with E-state index in [1.807, 2.05) is 42.5 Å². The van der Waals surface area contributed by atoms with Crippen molar-refractivity contribution in [2.45, 2.75) is 18.0 Å². The molecule has 1 aliphatic rings. The highest BCUT2D eigenvalue weighted by Crippen LogP contribution is 2.31. The third-order valence-corrected chi connectivity index (χ3v) is 6.96. The number of aromatic nitrogens is 3. The third-order valence-electron chi connectivity index (χ3n) is 5.17. The van der Waals surface area contributed by atoms with Crippen LogP contribution < -0.4 is 5.32 Å². The fourth-order valence-corrected chi connectivity index (χ4v) is 5.23. The highest BCUT2D eigenvalue weighted by Gasteiger charge is 2.41. The lowest BCUT2D eigenvalue weighted by Crippen LogP contribution is -2.29. The number of fused-ring (bicyclic) bond motifs is 2. The van der Waals surface area contributed by atoms with Gasteiger partial charge in [0.25, 0.3) is 15.9 Å². The summed E-state index contributed by atoms with van der Waals surface area (Å²) in [5, 5.41) is 12.6. The Hall–Kier alpha value is -4.05. The first-order valence-electron chi connectivity index (χ1n) is 9.76. The molecule has 1 aliphatic heterocycles. The standard InChI is InChI=1S/C22H17N5O4S/c28-21(23-19-10-5-7-15-6-1-2-8-17(15)19)14-26-12-16(24-25-26)13-27-22(29)18-9-3-4-11-20(18)32(27,30)31/h1-12H,13-14H2,(H,23,28). The lowest BCUT2D eigenvalue weighted by atomic mass is 10.1. The zero-order valence-electron chi connectivity index (χ0n) is 16.7. The first-order chi connectivity index (χ1) is 15.4. The quantitative estimate of drug-likeness (QED) is 0.503. The van der Waals surface area contributed by atoms with Crippen molar-refractivity contribution in [1.29, 1.82) is 0 Å². The van der Waals surface area contributed by atoms with E-state index < -0.39 is 15.9 Å². The number of sulfonamides is 1. The number of anilines is 1. The molecular weight excluding hydrogens is 430 g/mol. The molecule has 0 saturated heterocycles. The number of benzene rings is 3. The van der Waals surface area contributed by atoms with E-state index in [0.717, 1.165) is 15.1 Å². The van der Waals surface area contributed by atoms with Crippen LogP contribution >= 0.6 is 0 Å². The summed E-state index contributed by atoms with van der Waals surface area (Å²) in [7, 11) is -3.94. The summed E-state index contributed by atoms with van der Waals surface area (Å²) in [6.45, 7) is -0.377. The van der Waals surface area contributed by atoms with E-state index in [9.17, 15) is 18.0 Å². The summed E-state index contributed by atoms with van der Waals surface area (Å²) in [5.74, 6) is -0.918. The number of rotatable bonds is 5. The molecule has 0 unspecified atom stereocenters. The Bertz CT molecular complexity index is 1470. The number of carbonyl (C=O) groups is 2. The SMILES string of the molecule is O=C(Cn1cc(CN2C(=O)c3ccccc3S2(=O)=O)nn1)Nc1cccc2ccccc12. The van der Waals surface area contributed by atoms with Gasteiger partial charge in [-0.1, -0.05) is 53.7 Å². The van der Waals surface area contributed by atoms with Crippen LogP contribution in [-0.2, 0) is 27.9 Å². The van der Waals surface area contributed by atoms with Crippen molar-refractivity contribution in [2.24, 2.45) is 0 Å². The first kappa shape index (κ1) is 19.9. The van der Waals surface area contributed by atoms with E-state index in [-0.39, 0.29) is 35.1 Å². The van der Waals surface area contributed by atoms with Crippen LogP contribution in [0.5, 0.6) is 0 Å². The molecular formula is C22H17N5O4S. The second-order valence-corrected chi connectivity index (χ2v) is 9.13. The van der Waals surface area contributed by atoms with Gasteiger partial charge in [0, 0.05) is 11.1 Å². The van der Waals surface area contributed by atoms with Crippen molar-refractivity contribution in [3.8, 4) is 0 Å². The Morgan fingerprint density at radius 2 is 1.72 bits per heavy atom. The molecule has 0 fully saturated rings. The average Bonchev–Trinajstić information content (AvgIpc) is 3.30. The Labute approximate surface area is 183 Å². The molecule has 32 heavy (non-hydrogen) atoms. The van der Waals surface area contributed by atoms with Gasteiger partial charge in [-0.3, -0.25) is 9.59 Å². The Balaban J connectivity index is 1.29. The topological polar surface area (TPSA) is 114 Å². The molecule has 0 bridgehead atoms. The Kier molecular flexibility index (Phi) is 4.71. The molecule has 0 atom stereocenters. The number of amides is 2. The molecule has 3 aromatic carbocycles. The molecule has 5 rings (SSSR count). The van der Waals surface area contributed by atoms with Crippen LogP contribution in [0.25, 0.3) is 10.8 Å². The zero-order chi connectivity index (χ0) is 22.3. The summed E-state index contributed by atoms with van der Waals surface area (Å²) in [6.07, 6.45) is 1.45. The second-order valence-electron chi connectivity index (χ2n) is 7.30. The molecule has 4 aromatic rings. The van der Waals surface area contributed by atoms with Gasteiger partial charge in [-0.05, 0) is 23.6 Å². The number of carbonyl (C=O) groups excluding carboxylic acids is 2. The van der Waals surface area contributed by atoms with Crippen molar-refractivity contribution in [3.05, 3.63) is 84.2 Å². The minimum Gasteiger partial charge on any atom is -0.324 e. The largest absolute Gasteiger partial charge is 0.324 e. The van der Waals surface area contributed by atoms with E-state index in [2.05, 4.69) is 15.6 Å². The first-order valence-corrected chi connectivity index (χ1v) is 11.2. The zero-order valence-corrected chi connectivity index (χ0v) is 17.5. The van der Waals surface area contributed by atoms with Crippen LogP contribution in [0.4, 0.5) is 5.69 Å². The fourth-order valence-electron chi connectivity index (χ4n) is 3.69. The Morgan fingerprint density at radius 3 is 2.56 bits per heavy atom. The molecule has 10 heteroatoms. The smallest absolute Gasteiger partial charge is 0.269 e. The monoisotopic (exact) mass is 447 g/mol. The third kappa shape index (κ3) is 3.40. The molecule has 0 saturated carbocycles. The molecule has 1 aromatic heterocycles. The maximum atomic E-state index is 12.7. The highest BCUT2D eigenvalue weighted by molar-refractivity contribution is 7.90. The molecule has 0 aliphatic carbocycles. The molecule has 2 heterocycles. The van der Waals surface area contributed by atoms with Gasteiger partial charge < -0.3 is 5.32 Å². The van der Waals surface area contributed by atoms with E-state index in [4.69, 9.17) is 0 Å². The number of nitrogens with one attached hydrogen (secondary N) is 1. The molecule has 0 radical (unpaired) electrons. The van der Waals surface area contributed by atoms with E-state index in [1.54, 1.807) is 12.1 Å². The normalized spacial score (nSPS) is 14.5. The van der Waals surface area contributed by atoms with Crippen LogP contribution in [0.2, 0.25) is 0 Å². The predicted octanol–water partition coefficient (Wildman–Crippen LogP) is 2.41. The summed E-state index contributed by atoms with van der Waals surface area (Å²) in [5.41, 5.74) is 1.07. The number of hydrogen-bond donors (Lipinski definition) is 1. The lowest BCUT2D eigenvalue weighted by Gasteiger charge is -2.12. The molecule has 160 valence electrons.